The topological polar surface area (TPSA) is 85.0 Å². The Morgan fingerprint density at radius 1 is 1.19 bits per heavy atom. The fourth-order valence-electron chi connectivity index (χ4n) is 2.27. The highest BCUT2D eigenvalue weighted by Gasteiger charge is 2.14. The van der Waals surface area contributed by atoms with E-state index in [2.05, 4.69) is 32.9 Å². The normalized spacial score (nSPS) is 13.7. The molecule has 0 fully saturated rings. The molecule has 0 amide bonds. The maximum Gasteiger partial charge on any atom is 0.191 e. The van der Waals surface area contributed by atoms with Gasteiger partial charge in [0.2, 0.25) is 0 Å². The average molecular weight is 291 g/mol. The summed E-state index contributed by atoms with van der Waals surface area (Å²) in [5.41, 5.74) is 1.17. The highest BCUT2D eigenvalue weighted by molar-refractivity contribution is 5.43. The summed E-state index contributed by atoms with van der Waals surface area (Å²) >= 11 is 0. The van der Waals surface area contributed by atoms with E-state index in [1.807, 2.05) is 25.1 Å². The first-order valence-electron chi connectivity index (χ1n) is 6.84. The molecule has 2 aromatic rings. The number of ether oxygens (including phenoxy) is 2. The van der Waals surface area contributed by atoms with Crippen LogP contribution in [-0.4, -0.2) is 40.9 Å². The number of nitrogens with one attached hydrogen (secondary N) is 2. The van der Waals surface area contributed by atoms with Gasteiger partial charge < -0.3 is 14.8 Å². The molecule has 1 heterocycles. The summed E-state index contributed by atoms with van der Waals surface area (Å²) < 4.78 is 10.6. The average Bonchev–Trinajstić information content (AvgIpc) is 3.01. The summed E-state index contributed by atoms with van der Waals surface area (Å²) in [6.45, 7) is 4.13. The SMILES string of the molecule is COc1ccc(CC(C)NC(C)c2nn[nH]n2)cc1OC. The number of H-pyrrole nitrogens is 1. The second-order valence-corrected chi connectivity index (χ2v) is 4.95. The minimum absolute atomic E-state index is 0.0406. The Hall–Kier alpha value is -2.15. The summed E-state index contributed by atoms with van der Waals surface area (Å²) in [7, 11) is 3.27. The molecule has 7 heteroatoms. The highest BCUT2D eigenvalue weighted by atomic mass is 16.5. The van der Waals surface area contributed by atoms with Crippen LogP contribution in [0.15, 0.2) is 18.2 Å². The molecule has 0 saturated heterocycles. The monoisotopic (exact) mass is 291 g/mol. The summed E-state index contributed by atoms with van der Waals surface area (Å²) in [6.07, 6.45) is 0.864. The molecule has 2 rings (SSSR count). The summed E-state index contributed by atoms with van der Waals surface area (Å²) in [5.74, 6) is 2.14. The van der Waals surface area contributed by atoms with E-state index in [1.165, 1.54) is 5.56 Å². The van der Waals surface area contributed by atoms with Crippen molar-refractivity contribution < 1.29 is 9.47 Å². The molecule has 21 heavy (non-hydrogen) atoms. The number of hydrogen-bond donors (Lipinski definition) is 2. The molecule has 114 valence electrons. The minimum atomic E-state index is 0.0406. The fourth-order valence-corrected chi connectivity index (χ4v) is 2.27. The van der Waals surface area contributed by atoms with E-state index in [0.29, 0.717) is 5.82 Å². The van der Waals surface area contributed by atoms with E-state index in [4.69, 9.17) is 9.47 Å². The number of aromatic nitrogens is 4. The van der Waals surface area contributed by atoms with E-state index >= 15 is 0 Å². The number of nitrogens with zero attached hydrogens (tertiary/aromatic N) is 3. The molecule has 7 nitrogen and oxygen atoms in total. The van der Waals surface area contributed by atoms with Crippen LogP contribution < -0.4 is 14.8 Å². The van der Waals surface area contributed by atoms with Crippen LogP contribution in [0, 0.1) is 0 Å². The molecule has 0 radical (unpaired) electrons. The summed E-state index contributed by atoms with van der Waals surface area (Å²) in [5, 5.41) is 17.4. The number of tetrazole rings is 1. The maximum atomic E-state index is 5.32. The van der Waals surface area contributed by atoms with E-state index < -0.39 is 0 Å². The van der Waals surface area contributed by atoms with Crippen LogP contribution in [-0.2, 0) is 6.42 Å². The Kier molecular flexibility index (Phi) is 5.10. The second kappa shape index (κ2) is 7.03. The Morgan fingerprint density at radius 3 is 2.57 bits per heavy atom. The van der Waals surface area contributed by atoms with Crippen molar-refractivity contribution in [3.8, 4) is 11.5 Å². The first kappa shape index (κ1) is 15.2. The van der Waals surface area contributed by atoms with Gasteiger partial charge in [0.15, 0.2) is 17.3 Å². The van der Waals surface area contributed by atoms with Crippen LogP contribution in [0.5, 0.6) is 11.5 Å². The Bertz CT molecular complexity index is 558. The van der Waals surface area contributed by atoms with E-state index in [0.717, 1.165) is 17.9 Å². The van der Waals surface area contributed by atoms with Crippen molar-refractivity contribution in [3.05, 3.63) is 29.6 Å². The minimum Gasteiger partial charge on any atom is -0.493 e. The lowest BCUT2D eigenvalue weighted by molar-refractivity contribution is 0.354. The Balaban J connectivity index is 1.97. The van der Waals surface area contributed by atoms with Gasteiger partial charge in [-0.1, -0.05) is 11.3 Å². The van der Waals surface area contributed by atoms with Crippen LogP contribution in [0.25, 0.3) is 0 Å². The first-order chi connectivity index (χ1) is 10.1. The van der Waals surface area contributed by atoms with Crippen molar-refractivity contribution in [1.29, 1.82) is 0 Å². The summed E-state index contributed by atoms with van der Waals surface area (Å²) in [4.78, 5) is 0. The zero-order chi connectivity index (χ0) is 15.2. The van der Waals surface area contributed by atoms with Crippen LogP contribution in [0.1, 0.15) is 31.3 Å². The fraction of sp³-hybridized carbons (Fsp3) is 0.500. The second-order valence-electron chi connectivity index (χ2n) is 4.95. The van der Waals surface area contributed by atoms with Crippen molar-refractivity contribution in [3.63, 3.8) is 0 Å². The van der Waals surface area contributed by atoms with Crippen molar-refractivity contribution in [2.24, 2.45) is 0 Å². The lowest BCUT2D eigenvalue weighted by Crippen LogP contribution is -2.31. The zero-order valence-electron chi connectivity index (χ0n) is 12.8. The molecule has 1 aromatic heterocycles. The smallest absolute Gasteiger partial charge is 0.191 e. The predicted molar refractivity (Wildman–Crippen MR) is 78.4 cm³/mol. The van der Waals surface area contributed by atoms with Gasteiger partial charge in [-0.15, -0.1) is 10.2 Å². The van der Waals surface area contributed by atoms with E-state index in [-0.39, 0.29) is 12.1 Å². The van der Waals surface area contributed by atoms with Crippen molar-refractivity contribution in [2.45, 2.75) is 32.4 Å². The maximum absolute atomic E-state index is 5.32. The van der Waals surface area contributed by atoms with Crippen LogP contribution in [0.4, 0.5) is 0 Å². The largest absolute Gasteiger partial charge is 0.493 e. The van der Waals surface area contributed by atoms with Crippen molar-refractivity contribution in [1.82, 2.24) is 25.9 Å². The van der Waals surface area contributed by atoms with Crippen molar-refractivity contribution in [2.75, 3.05) is 14.2 Å². The molecule has 2 atom stereocenters. The molecule has 0 bridgehead atoms. The van der Waals surface area contributed by atoms with Crippen LogP contribution >= 0.6 is 0 Å². The van der Waals surface area contributed by atoms with E-state index in [1.54, 1.807) is 14.2 Å². The van der Waals surface area contributed by atoms with Crippen molar-refractivity contribution >= 4 is 0 Å². The lowest BCUT2D eigenvalue weighted by Gasteiger charge is -2.18. The third kappa shape index (κ3) is 3.91. The Labute approximate surface area is 124 Å². The molecule has 2 unspecified atom stereocenters. The number of rotatable bonds is 7. The molecule has 0 aliphatic rings. The lowest BCUT2D eigenvalue weighted by atomic mass is 10.1. The quantitative estimate of drug-likeness (QED) is 0.804. The van der Waals surface area contributed by atoms with Crippen LogP contribution in [0.2, 0.25) is 0 Å². The molecule has 2 N–H and O–H groups in total. The van der Waals surface area contributed by atoms with Gasteiger partial charge in [-0.05, 0) is 38.0 Å². The first-order valence-corrected chi connectivity index (χ1v) is 6.84. The van der Waals surface area contributed by atoms with Gasteiger partial charge in [0, 0.05) is 6.04 Å². The molecule has 0 saturated carbocycles. The summed E-state index contributed by atoms with van der Waals surface area (Å²) in [6, 6.07) is 6.26. The van der Waals surface area contributed by atoms with Gasteiger partial charge in [0.1, 0.15) is 0 Å². The molecular weight excluding hydrogens is 270 g/mol. The van der Waals surface area contributed by atoms with Gasteiger partial charge in [0.05, 0.1) is 20.3 Å². The number of benzene rings is 1. The van der Waals surface area contributed by atoms with Crippen LogP contribution in [0.3, 0.4) is 0 Å². The zero-order valence-corrected chi connectivity index (χ0v) is 12.8. The third-order valence-corrected chi connectivity index (χ3v) is 3.27. The van der Waals surface area contributed by atoms with Gasteiger partial charge in [-0.25, -0.2) is 0 Å². The standard InChI is InChI=1S/C14H21N5O2/c1-9(15-10(2)14-16-18-19-17-14)7-11-5-6-12(20-3)13(8-11)21-4/h5-6,8-10,15H,7H2,1-4H3,(H,16,17,18,19). The Morgan fingerprint density at radius 2 is 1.95 bits per heavy atom. The molecule has 1 aromatic carbocycles. The molecule has 0 spiro atoms. The number of aromatic amines is 1. The molecular formula is C14H21N5O2. The van der Waals surface area contributed by atoms with Gasteiger partial charge in [-0.3, -0.25) is 0 Å². The molecule has 0 aliphatic heterocycles. The van der Waals surface area contributed by atoms with Gasteiger partial charge in [-0.2, -0.15) is 5.21 Å². The van der Waals surface area contributed by atoms with Gasteiger partial charge >= 0.3 is 0 Å². The van der Waals surface area contributed by atoms with Gasteiger partial charge in [0.25, 0.3) is 0 Å². The molecule has 0 aliphatic carbocycles. The third-order valence-electron chi connectivity index (χ3n) is 3.27. The predicted octanol–water partition coefficient (Wildman–Crippen LogP) is 1.50. The van der Waals surface area contributed by atoms with E-state index in [9.17, 15) is 0 Å². The number of methoxy groups -OCH3 is 2. The highest BCUT2D eigenvalue weighted by Crippen LogP contribution is 2.28. The number of hydrogen-bond acceptors (Lipinski definition) is 6.